The van der Waals surface area contributed by atoms with Crippen molar-refractivity contribution in [3.63, 3.8) is 0 Å². The van der Waals surface area contributed by atoms with Gasteiger partial charge >= 0.3 is 0 Å². The zero-order chi connectivity index (χ0) is 17.6. The van der Waals surface area contributed by atoms with E-state index in [2.05, 4.69) is 24.9 Å². The maximum Gasteiger partial charge on any atom is 0.135 e. The van der Waals surface area contributed by atoms with Gasteiger partial charge in [-0.05, 0) is 48.2 Å². The van der Waals surface area contributed by atoms with Gasteiger partial charge in [-0.3, -0.25) is 0 Å². The Hall–Kier alpha value is -2.64. The van der Waals surface area contributed by atoms with E-state index in [9.17, 15) is 5.26 Å². The summed E-state index contributed by atoms with van der Waals surface area (Å²) < 4.78 is 6.82. The molecule has 0 aliphatic rings. The Balaban J connectivity index is 1.77. The quantitative estimate of drug-likeness (QED) is 0.530. The third-order valence-electron chi connectivity index (χ3n) is 3.80. The van der Waals surface area contributed by atoms with Crippen LogP contribution in [0.15, 0.2) is 48.5 Å². The number of ether oxygens (including phenoxy) is 1. The molecule has 0 radical (unpaired) electrons. The number of hydrogen-bond donors (Lipinski definition) is 0. The Morgan fingerprint density at radius 1 is 1.20 bits per heavy atom. The number of fused-ring (bicyclic) bond motifs is 1. The first-order valence-corrected chi connectivity index (χ1v) is 9.18. The van der Waals surface area contributed by atoms with Crippen molar-refractivity contribution in [2.24, 2.45) is 5.92 Å². The first kappa shape index (κ1) is 17.2. The molecule has 0 bridgehead atoms. The predicted octanol–water partition coefficient (Wildman–Crippen LogP) is 5.79. The number of thiazole rings is 1. The molecule has 0 atom stereocenters. The predicted molar refractivity (Wildman–Crippen MR) is 104 cm³/mol. The monoisotopic (exact) mass is 348 g/mol. The van der Waals surface area contributed by atoms with Crippen molar-refractivity contribution in [3.8, 4) is 11.8 Å². The standard InChI is InChI=1S/C21H20N2OS/c1-15(2)11-12-24-18-9-7-16(8-10-18)13-17(14-22)21-23-19-5-3-4-6-20(19)25-21/h3-10,13,15H,11-12H2,1-2H3/b17-13+. The molecule has 0 saturated carbocycles. The number of hydrogen-bond acceptors (Lipinski definition) is 4. The van der Waals surface area contributed by atoms with Crippen molar-refractivity contribution >= 4 is 33.2 Å². The lowest BCUT2D eigenvalue weighted by Crippen LogP contribution is -2.01. The van der Waals surface area contributed by atoms with Gasteiger partial charge < -0.3 is 4.74 Å². The molecule has 0 unspecified atom stereocenters. The smallest absolute Gasteiger partial charge is 0.135 e. The second-order valence-corrected chi connectivity index (χ2v) is 7.29. The lowest BCUT2D eigenvalue weighted by atomic mass is 10.1. The summed E-state index contributed by atoms with van der Waals surface area (Å²) in [7, 11) is 0. The second kappa shape index (κ2) is 7.96. The maximum absolute atomic E-state index is 9.51. The van der Waals surface area contributed by atoms with E-state index in [0.29, 0.717) is 11.5 Å². The van der Waals surface area contributed by atoms with E-state index < -0.39 is 0 Å². The van der Waals surface area contributed by atoms with Crippen LogP contribution in [-0.2, 0) is 0 Å². The fourth-order valence-corrected chi connectivity index (χ4v) is 3.30. The summed E-state index contributed by atoms with van der Waals surface area (Å²) >= 11 is 1.54. The van der Waals surface area contributed by atoms with E-state index in [1.807, 2.05) is 54.6 Å². The minimum Gasteiger partial charge on any atom is -0.494 e. The summed E-state index contributed by atoms with van der Waals surface area (Å²) in [5, 5.41) is 10.3. The van der Waals surface area contributed by atoms with E-state index in [0.717, 1.165) is 39.6 Å². The molecule has 0 saturated heterocycles. The lowest BCUT2D eigenvalue weighted by Gasteiger charge is -2.08. The largest absolute Gasteiger partial charge is 0.494 e. The van der Waals surface area contributed by atoms with Crippen LogP contribution < -0.4 is 4.74 Å². The van der Waals surface area contributed by atoms with Crippen molar-refractivity contribution in [2.75, 3.05) is 6.61 Å². The number of rotatable bonds is 6. The molecule has 0 N–H and O–H groups in total. The van der Waals surface area contributed by atoms with E-state index in [1.165, 1.54) is 11.3 Å². The average Bonchev–Trinajstić information content (AvgIpc) is 3.04. The number of aromatic nitrogens is 1. The Labute approximate surface area is 152 Å². The van der Waals surface area contributed by atoms with Crippen LogP contribution in [0.4, 0.5) is 0 Å². The first-order valence-electron chi connectivity index (χ1n) is 8.36. The molecular formula is C21H20N2OS. The van der Waals surface area contributed by atoms with Crippen LogP contribution in [0.3, 0.4) is 0 Å². The van der Waals surface area contributed by atoms with Gasteiger partial charge in [0.1, 0.15) is 16.8 Å². The molecule has 0 amide bonds. The first-order chi connectivity index (χ1) is 12.2. The molecule has 3 aromatic rings. The summed E-state index contributed by atoms with van der Waals surface area (Å²) in [6.07, 6.45) is 2.91. The van der Waals surface area contributed by atoms with E-state index >= 15 is 0 Å². The van der Waals surface area contributed by atoms with Crippen LogP contribution in [0.5, 0.6) is 5.75 Å². The molecule has 126 valence electrons. The number of nitrogens with zero attached hydrogens (tertiary/aromatic N) is 2. The van der Waals surface area contributed by atoms with E-state index in [-0.39, 0.29) is 0 Å². The molecule has 4 heteroatoms. The van der Waals surface area contributed by atoms with Gasteiger partial charge in [-0.25, -0.2) is 4.98 Å². The highest BCUT2D eigenvalue weighted by Gasteiger charge is 2.08. The molecule has 25 heavy (non-hydrogen) atoms. The Kier molecular flexibility index (Phi) is 5.47. The third-order valence-corrected chi connectivity index (χ3v) is 4.87. The normalized spacial score (nSPS) is 11.7. The van der Waals surface area contributed by atoms with E-state index in [1.54, 1.807) is 0 Å². The fraction of sp³-hybridized carbons (Fsp3) is 0.238. The summed E-state index contributed by atoms with van der Waals surface area (Å²) in [6.45, 7) is 5.09. The summed E-state index contributed by atoms with van der Waals surface area (Å²) in [6, 6.07) is 18.0. The summed E-state index contributed by atoms with van der Waals surface area (Å²) in [4.78, 5) is 4.56. The molecule has 1 aromatic heterocycles. The minimum atomic E-state index is 0.578. The Bertz CT molecular complexity index is 884. The number of nitriles is 1. The molecule has 3 nitrogen and oxygen atoms in total. The molecule has 0 aliphatic heterocycles. The SMILES string of the molecule is CC(C)CCOc1ccc(/C=C(\C#N)c2nc3ccccc3s2)cc1. The van der Waals surface area contributed by atoms with Crippen LogP contribution in [-0.4, -0.2) is 11.6 Å². The minimum absolute atomic E-state index is 0.578. The molecule has 1 heterocycles. The molecule has 0 fully saturated rings. The molecule has 0 spiro atoms. The highest BCUT2D eigenvalue weighted by Crippen LogP contribution is 2.28. The van der Waals surface area contributed by atoms with Crippen LogP contribution in [0.1, 0.15) is 30.8 Å². The highest BCUT2D eigenvalue weighted by molar-refractivity contribution is 7.19. The van der Waals surface area contributed by atoms with Crippen molar-refractivity contribution in [3.05, 3.63) is 59.1 Å². The van der Waals surface area contributed by atoms with Gasteiger partial charge in [0.25, 0.3) is 0 Å². The Morgan fingerprint density at radius 2 is 1.96 bits per heavy atom. The van der Waals surface area contributed by atoms with Crippen LogP contribution in [0.25, 0.3) is 21.9 Å². The van der Waals surface area contributed by atoms with Gasteiger partial charge in [-0.1, -0.05) is 38.1 Å². The highest BCUT2D eigenvalue weighted by atomic mass is 32.1. The van der Waals surface area contributed by atoms with Gasteiger partial charge in [-0.2, -0.15) is 5.26 Å². The van der Waals surface area contributed by atoms with Crippen LogP contribution >= 0.6 is 11.3 Å². The van der Waals surface area contributed by atoms with Gasteiger partial charge in [0.05, 0.1) is 22.4 Å². The Morgan fingerprint density at radius 3 is 2.64 bits per heavy atom. The van der Waals surface area contributed by atoms with E-state index in [4.69, 9.17) is 4.74 Å². The number of para-hydroxylation sites is 1. The zero-order valence-corrected chi connectivity index (χ0v) is 15.2. The van der Waals surface area contributed by atoms with Crippen LogP contribution in [0, 0.1) is 17.2 Å². The topological polar surface area (TPSA) is 45.9 Å². The summed E-state index contributed by atoms with van der Waals surface area (Å²) in [5.74, 6) is 1.49. The van der Waals surface area contributed by atoms with Gasteiger partial charge in [0.2, 0.25) is 0 Å². The summed E-state index contributed by atoms with van der Waals surface area (Å²) in [5.41, 5.74) is 2.47. The van der Waals surface area contributed by atoms with Gasteiger partial charge in [0, 0.05) is 0 Å². The van der Waals surface area contributed by atoms with Crippen LogP contribution in [0.2, 0.25) is 0 Å². The average molecular weight is 348 g/mol. The molecule has 2 aromatic carbocycles. The lowest BCUT2D eigenvalue weighted by molar-refractivity contribution is 0.289. The van der Waals surface area contributed by atoms with Crippen molar-refractivity contribution < 1.29 is 4.74 Å². The van der Waals surface area contributed by atoms with Gasteiger partial charge in [-0.15, -0.1) is 11.3 Å². The molecule has 0 aliphatic carbocycles. The van der Waals surface area contributed by atoms with Gasteiger partial charge in [0.15, 0.2) is 0 Å². The molecule has 3 rings (SSSR count). The second-order valence-electron chi connectivity index (χ2n) is 6.26. The fourth-order valence-electron chi connectivity index (χ4n) is 2.37. The maximum atomic E-state index is 9.51. The number of benzene rings is 2. The van der Waals surface area contributed by atoms with Crippen molar-refractivity contribution in [2.45, 2.75) is 20.3 Å². The third kappa shape index (κ3) is 4.46. The molecular weight excluding hydrogens is 328 g/mol. The van der Waals surface area contributed by atoms with Crippen molar-refractivity contribution in [1.82, 2.24) is 4.98 Å². The van der Waals surface area contributed by atoms with Crippen molar-refractivity contribution in [1.29, 1.82) is 5.26 Å². The number of allylic oxidation sites excluding steroid dienone is 1. The zero-order valence-electron chi connectivity index (χ0n) is 14.4.